The number of nitrogens with one attached hydrogen (secondary N) is 1. The Morgan fingerprint density at radius 1 is 0.943 bits per heavy atom. The Bertz CT molecular complexity index is 1560. The molecular weight excluding hydrogens is 442 g/mol. The van der Waals surface area contributed by atoms with Gasteiger partial charge in [-0.1, -0.05) is 48.5 Å². The highest BCUT2D eigenvalue weighted by molar-refractivity contribution is 6.08. The SMILES string of the molecule is Cc1nn(-c2ccccc2)c2nc(-c3ccccc3)cc(C(=O)N/N=C/c3ccc(O)c(O)c3)c12. The first-order chi connectivity index (χ1) is 17.0. The zero-order chi connectivity index (χ0) is 24.4. The lowest BCUT2D eigenvalue weighted by Crippen LogP contribution is -2.18. The lowest BCUT2D eigenvalue weighted by Gasteiger charge is -2.09. The Balaban J connectivity index is 1.59. The van der Waals surface area contributed by atoms with Crippen LogP contribution in [0, 0.1) is 6.92 Å². The summed E-state index contributed by atoms with van der Waals surface area (Å²) in [7, 11) is 0. The van der Waals surface area contributed by atoms with Crippen LogP contribution in [0.5, 0.6) is 11.5 Å². The average molecular weight is 463 g/mol. The molecule has 5 rings (SSSR count). The van der Waals surface area contributed by atoms with E-state index in [2.05, 4.69) is 15.6 Å². The molecule has 172 valence electrons. The Kier molecular flexibility index (Phi) is 5.68. The molecule has 0 aliphatic rings. The largest absolute Gasteiger partial charge is 0.504 e. The minimum atomic E-state index is -0.426. The average Bonchev–Trinajstić information content (AvgIpc) is 3.23. The molecule has 0 radical (unpaired) electrons. The maximum Gasteiger partial charge on any atom is 0.272 e. The van der Waals surface area contributed by atoms with Gasteiger partial charge in [-0.2, -0.15) is 10.2 Å². The zero-order valence-corrected chi connectivity index (χ0v) is 18.8. The van der Waals surface area contributed by atoms with Crippen molar-refractivity contribution in [2.75, 3.05) is 0 Å². The molecule has 0 spiro atoms. The number of phenols is 2. The summed E-state index contributed by atoms with van der Waals surface area (Å²) in [6.07, 6.45) is 1.38. The smallest absolute Gasteiger partial charge is 0.272 e. The van der Waals surface area contributed by atoms with Crippen LogP contribution in [0.1, 0.15) is 21.6 Å². The lowest BCUT2D eigenvalue weighted by molar-refractivity contribution is 0.0956. The van der Waals surface area contributed by atoms with Crippen molar-refractivity contribution < 1.29 is 15.0 Å². The second-order valence-corrected chi connectivity index (χ2v) is 7.90. The Morgan fingerprint density at radius 2 is 1.66 bits per heavy atom. The number of aromatic hydroxyl groups is 2. The Hall–Kier alpha value is -4.98. The fourth-order valence-electron chi connectivity index (χ4n) is 3.82. The molecule has 8 heteroatoms. The molecule has 0 atom stereocenters. The molecule has 5 aromatic rings. The van der Waals surface area contributed by atoms with E-state index in [1.54, 1.807) is 16.8 Å². The molecule has 0 saturated carbocycles. The van der Waals surface area contributed by atoms with E-state index in [0.29, 0.717) is 33.5 Å². The number of carbonyl (C=O) groups is 1. The number of nitrogens with zero attached hydrogens (tertiary/aromatic N) is 4. The quantitative estimate of drug-likeness (QED) is 0.201. The molecule has 1 amide bonds. The summed E-state index contributed by atoms with van der Waals surface area (Å²) in [6.45, 7) is 1.84. The van der Waals surface area contributed by atoms with Gasteiger partial charge in [0.05, 0.1) is 34.2 Å². The minimum absolute atomic E-state index is 0.232. The third-order valence-electron chi connectivity index (χ3n) is 5.51. The minimum Gasteiger partial charge on any atom is -0.504 e. The second-order valence-electron chi connectivity index (χ2n) is 7.90. The number of benzene rings is 3. The molecule has 8 nitrogen and oxygen atoms in total. The van der Waals surface area contributed by atoms with Crippen LogP contribution < -0.4 is 5.43 Å². The summed E-state index contributed by atoms with van der Waals surface area (Å²) >= 11 is 0. The third-order valence-corrected chi connectivity index (χ3v) is 5.51. The van der Waals surface area contributed by atoms with E-state index in [-0.39, 0.29) is 11.5 Å². The highest BCUT2D eigenvalue weighted by atomic mass is 16.3. The van der Waals surface area contributed by atoms with E-state index in [9.17, 15) is 15.0 Å². The summed E-state index contributed by atoms with van der Waals surface area (Å²) in [4.78, 5) is 18.1. The van der Waals surface area contributed by atoms with Gasteiger partial charge in [-0.25, -0.2) is 15.1 Å². The van der Waals surface area contributed by atoms with Crippen molar-refractivity contribution >= 4 is 23.2 Å². The maximum atomic E-state index is 13.3. The van der Waals surface area contributed by atoms with Gasteiger partial charge in [0.2, 0.25) is 0 Å². The summed E-state index contributed by atoms with van der Waals surface area (Å²) in [5.74, 6) is -0.929. The van der Waals surface area contributed by atoms with Gasteiger partial charge in [0.15, 0.2) is 17.1 Å². The summed E-state index contributed by atoms with van der Waals surface area (Å²) in [5, 5.41) is 28.4. The first kappa shape index (κ1) is 21.8. The number of hydrogen-bond acceptors (Lipinski definition) is 6. The molecule has 3 N–H and O–H groups in total. The molecule has 0 unspecified atom stereocenters. The molecule has 3 aromatic carbocycles. The lowest BCUT2D eigenvalue weighted by atomic mass is 10.1. The molecule has 0 fully saturated rings. The van der Waals surface area contributed by atoms with Crippen molar-refractivity contribution in [1.29, 1.82) is 0 Å². The van der Waals surface area contributed by atoms with Crippen LogP contribution in [0.3, 0.4) is 0 Å². The van der Waals surface area contributed by atoms with Gasteiger partial charge in [0.1, 0.15) is 0 Å². The number of para-hydroxylation sites is 1. The number of carbonyl (C=O) groups excluding carboxylic acids is 1. The van der Waals surface area contributed by atoms with E-state index in [1.807, 2.05) is 67.6 Å². The fourth-order valence-corrected chi connectivity index (χ4v) is 3.82. The van der Waals surface area contributed by atoms with Crippen molar-refractivity contribution in [2.24, 2.45) is 5.10 Å². The van der Waals surface area contributed by atoms with Crippen molar-refractivity contribution in [2.45, 2.75) is 6.92 Å². The topological polar surface area (TPSA) is 113 Å². The van der Waals surface area contributed by atoms with Crippen LogP contribution >= 0.6 is 0 Å². The van der Waals surface area contributed by atoms with E-state index in [0.717, 1.165) is 11.3 Å². The first-order valence-corrected chi connectivity index (χ1v) is 10.9. The monoisotopic (exact) mass is 463 g/mol. The van der Waals surface area contributed by atoms with Gasteiger partial charge in [0, 0.05) is 5.56 Å². The van der Waals surface area contributed by atoms with Crippen molar-refractivity contribution in [1.82, 2.24) is 20.2 Å². The van der Waals surface area contributed by atoms with Gasteiger partial charge < -0.3 is 10.2 Å². The molecule has 0 aliphatic carbocycles. The highest BCUT2D eigenvalue weighted by Gasteiger charge is 2.20. The number of hydrogen-bond donors (Lipinski definition) is 3. The molecule has 35 heavy (non-hydrogen) atoms. The molecular formula is C27H21N5O3. The third kappa shape index (κ3) is 4.32. The van der Waals surface area contributed by atoms with Crippen LogP contribution in [0.25, 0.3) is 28.0 Å². The van der Waals surface area contributed by atoms with Crippen LogP contribution in [0.4, 0.5) is 0 Å². The normalized spacial score (nSPS) is 11.2. The Labute approximate surface area is 200 Å². The van der Waals surface area contributed by atoms with Gasteiger partial charge >= 0.3 is 0 Å². The number of hydrazone groups is 1. The number of rotatable bonds is 5. The van der Waals surface area contributed by atoms with Gasteiger partial charge in [-0.05, 0) is 48.9 Å². The molecule has 0 aliphatic heterocycles. The van der Waals surface area contributed by atoms with Crippen LogP contribution in [0.2, 0.25) is 0 Å². The Morgan fingerprint density at radius 3 is 2.37 bits per heavy atom. The van der Waals surface area contributed by atoms with Crippen LogP contribution in [0.15, 0.2) is 90.0 Å². The molecule has 2 aromatic heterocycles. The van der Waals surface area contributed by atoms with Crippen molar-refractivity contribution in [3.05, 3.63) is 102 Å². The van der Waals surface area contributed by atoms with E-state index >= 15 is 0 Å². The predicted molar refractivity (Wildman–Crippen MR) is 134 cm³/mol. The summed E-state index contributed by atoms with van der Waals surface area (Å²) in [5.41, 5.74) is 7.01. The van der Waals surface area contributed by atoms with Crippen molar-refractivity contribution in [3.8, 4) is 28.4 Å². The number of phenolic OH excluding ortho intramolecular Hbond substituents is 2. The number of aromatic nitrogens is 3. The van der Waals surface area contributed by atoms with Crippen LogP contribution in [-0.2, 0) is 0 Å². The number of aryl methyl sites for hydroxylation is 1. The van der Waals surface area contributed by atoms with Gasteiger partial charge in [-0.15, -0.1) is 0 Å². The zero-order valence-electron chi connectivity index (χ0n) is 18.8. The molecule has 2 heterocycles. The standard InChI is InChI=1S/C27H21N5O3/c1-17-25-21(27(35)30-28-16-18-12-13-23(33)24(34)14-18)15-22(19-8-4-2-5-9-19)29-26(25)32(31-17)20-10-6-3-7-11-20/h2-16,33-34H,1H3,(H,30,35)/b28-16+. The molecule has 0 saturated heterocycles. The first-order valence-electron chi connectivity index (χ1n) is 10.9. The summed E-state index contributed by atoms with van der Waals surface area (Å²) < 4.78 is 1.73. The van der Waals surface area contributed by atoms with Gasteiger partial charge in [-0.3, -0.25) is 4.79 Å². The van der Waals surface area contributed by atoms with E-state index < -0.39 is 5.91 Å². The van der Waals surface area contributed by atoms with Crippen LogP contribution in [-0.4, -0.2) is 37.1 Å². The summed E-state index contributed by atoms with van der Waals surface area (Å²) in [6, 6.07) is 25.2. The highest BCUT2D eigenvalue weighted by Crippen LogP contribution is 2.29. The number of fused-ring (bicyclic) bond motifs is 1. The fraction of sp³-hybridized carbons (Fsp3) is 0.0370. The van der Waals surface area contributed by atoms with Gasteiger partial charge in [0.25, 0.3) is 5.91 Å². The van der Waals surface area contributed by atoms with E-state index in [1.165, 1.54) is 18.3 Å². The predicted octanol–water partition coefficient (Wildman–Crippen LogP) is 4.57. The number of amides is 1. The number of pyridine rings is 1. The van der Waals surface area contributed by atoms with E-state index in [4.69, 9.17) is 4.98 Å². The molecule has 0 bridgehead atoms. The van der Waals surface area contributed by atoms with Crippen molar-refractivity contribution in [3.63, 3.8) is 0 Å². The maximum absolute atomic E-state index is 13.3. The second kappa shape index (κ2) is 9.11.